The smallest absolute Gasteiger partial charge is 0.237 e. The topological polar surface area (TPSA) is 67.6 Å². The highest BCUT2D eigenvalue weighted by atomic mass is 16.5. The van der Waals surface area contributed by atoms with E-state index in [0.717, 1.165) is 39.0 Å². The van der Waals surface area contributed by atoms with Gasteiger partial charge in [0.25, 0.3) is 0 Å². The summed E-state index contributed by atoms with van der Waals surface area (Å²) in [6.45, 7) is 4.88. The van der Waals surface area contributed by atoms with E-state index in [9.17, 15) is 4.79 Å². The first-order chi connectivity index (χ1) is 9.59. The van der Waals surface area contributed by atoms with Gasteiger partial charge < -0.3 is 15.8 Å². The van der Waals surface area contributed by atoms with Gasteiger partial charge in [0.2, 0.25) is 5.91 Å². The van der Waals surface area contributed by atoms with Gasteiger partial charge in [0.05, 0.1) is 18.2 Å². The third kappa shape index (κ3) is 3.00. The fourth-order valence-electron chi connectivity index (χ4n) is 3.78. The van der Waals surface area contributed by atoms with Gasteiger partial charge >= 0.3 is 0 Å². The van der Waals surface area contributed by atoms with E-state index in [0.29, 0.717) is 18.2 Å². The predicted octanol–water partition coefficient (Wildman–Crippen LogP) is 0.626. The summed E-state index contributed by atoms with van der Waals surface area (Å²) in [6, 6.07) is 0.985. The van der Waals surface area contributed by atoms with E-state index in [1.165, 1.54) is 19.3 Å². The van der Waals surface area contributed by atoms with E-state index in [2.05, 4.69) is 17.1 Å². The molecule has 5 nitrogen and oxygen atoms in total. The Hall–Kier alpha value is -0.650. The number of carbonyl (C=O) groups is 1. The lowest BCUT2D eigenvalue weighted by Crippen LogP contribution is -2.62. The zero-order valence-electron chi connectivity index (χ0n) is 12.4. The number of hydrogen-bond donors (Lipinski definition) is 2. The SMILES string of the molecule is CC1CN(C2CCCC(NC3CC3)(C(N)=O)C2)CCO1. The molecule has 1 amide bonds. The average Bonchev–Trinajstić information content (AvgIpc) is 3.23. The molecule has 0 radical (unpaired) electrons. The van der Waals surface area contributed by atoms with Crippen LogP contribution in [-0.2, 0) is 9.53 Å². The quantitative estimate of drug-likeness (QED) is 0.793. The van der Waals surface area contributed by atoms with E-state index in [1.54, 1.807) is 0 Å². The Balaban J connectivity index is 1.68. The van der Waals surface area contributed by atoms with Gasteiger partial charge in [0, 0.05) is 25.2 Å². The third-order valence-electron chi connectivity index (χ3n) is 5.04. The molecule has 3 aliphatic rings. The molecule has 5 heteroatoms. The average molecular weight is 281 g/mol. The highest BCUT2D eigenvalue weighted by Crippen LogP contribution is 2.35. The number of nitrogens with one attached hydrogen (secondary N) is 1. The number of morpholine rings is 1. The summed E-state index contributed by atoms with van der Waals surface area (Å²) in [7, 11) is 0. The molecule has 0 spiro atoms. The first-order valence-corrected chi connectivity index (χ1v) is 8.02. The lowest BCUT2D eigenvalue weighted by molar-refractivity contribution is -0.127. The standard InChI is InChI=1S/C15H27N3O2/c1-11-10-18(7-8-20-11)13-3-2-6-15(9-13,14(16)19)17-12-4-5-12/h11-13,17H,2-10H2,1H3,(H2,16,19). The maximum Gasteiger partial charge on any atom is 0.237 e. The molecule has 0 aromatic carbocycles. The van der Waals surface area contributed by atoms with Crippen molar-refractivity contribution in [3.8, 4) is 0 Å². The predicted molar refractivity (Wildman–Crippen MR) is 77.3 cm³/mol. The molecular weight excluding hydrogens is 254 g/mol. The summed E-state index contributed by atoms with van der Waals surface area (Å²) < 4.78 is 5.62. The number of ether oxygens (including phenoxy) is 1. The van der Waals surface area contributed by atoms with Crippen molar-refractivity contribution in [3.63, 3.8) is 0 Å². The van der Waals surface area contributed by atoms with Crippen LogP contribution < -0.4 is 11.1 Å². The summed E-state index contributed by atoms with van der Waals surface area (Å²) in [5, 5.41) is 3.55. The van der Waals surface area contributed by atoms with Crippen molar-refractivity contribution in [1.82, 2.24) is 10.2 Å². The largest absolute Gasteiger partial charge is 0.376 e. The monoisotopic (exact) mass is 281 g/mol. The minimum absolute atomic E-state index is 0.157. The Morgan fingerprint density at radius 3 is 2.85 bits per heavy atom. The van der Waals surface area contributed by atoms with Gasteiger partial charge in [-0.3, -0.25) is 9.69 Å². The van der Waals surface area contributed by atoms with E-state index in [-0.39, 0.29) is 5.91 Å². The van der Waals surface area contributed by atoms with Crippen molar-refractivity contribution in [3.05, 3.63) is 0 Å². The summed E-state index contributed by atoms with van der Waals surface area (Å²) in [5.41, 5.74) is 5.29. The van der Waals surface area contributed by atoms with Crippen molar-refractivity contribution in [2.45, 2.75) is 69.2 Å². The number of nitrogens with zero attached hydrogens (tertiary/aromatic N) is 1. The van der Waals surface area contributed by atoms with E-state index < -0.39 is 5.54 Å². The zero-order chi connectivity index (χ0) is 14.2. The maximum atomic E-state index is 12.0. The lowest BCUT2D eigenvalue weighted by atomic mass is 9.77. The van der Waals surface area contributed by atoms with E-state index in [1.807, 2.05) is 0 Å². The van der Waals surface area contributed by atoms with Crippen molar-refractivity contribution < 1.29 is 9.53 Å². The van der Waals surface area contributed by atoms with Crippen LogP contribution in [0, 0.1) is 0 Å². The number of primary amides is 1. The molecule has 2 aliphatic carbocycles. The van der Waals surface area contributed by atoms with Gasteiger partial charge in [-0.2, -0.15) is 0 Å². The first kappa shape index (κ1) is 14.3. The lowest BCUT2D eigenvalue weighted by Gasteiger charge is -2.45. The van der Waals surface area contributed by atoms with Gasteiger partial charge in [-0.1, -0.05) is 0 Å². The van der Waals surface area contributed by atoms with Crippen molar-refractivity contribution in [2.75, 3.05) is 19.7 Å². The van der Waals surface area contributed by atoms with Gasteiger partial charge in [-0.05, 0) is 45.4 Å². The summed E-state index contributed by atoms with van der Waals surface area (Å²) in [4.78, 5) is 14.5. The molecule has 3 fully saturated rings. The Labute approximate surface area is 121 Å². The Bertz CT molecular complexity index is 372. The molecule has 0 aromatic rings. The van der Waals surface area contributed by atoms with E-state index >= 15 is 0 Å². The molecule has 3 atom stereocenters. The van der Waals surface area contributed by atoms with Crippen LogP contribution >= 0.6 is 0 Å². The van der Waals surface area contributed by atoms with Crippen LogP contribution in [0.3, 0.4) is 0 Å². The molecule has 1 saturated heterocycles. The van der Waals surface area contributed by atoms with Gasteiger partial charge in [-0.15, -0.1) is 0 Å². The van der Waals surface area contributed by atoms with Crippen molar-refractivity contribution in [1.29, 1.82) is 0 Å². The molecule has 1 heterocycles. The molecule has 2 saturated carbocycles. The normalized spacial score (nSPS) is 39.6. The molecule has 3 N–H and O–H groups in total. The molecule has 20 heavy (non-hydrogen) atoms. The Morgan fingerprint density at radius 1 is 1.40 bits per heavy atom. The molecule has 0 bridgehead atoms. The second kappa shape index (κ2) is 5.62. The van der Waals surface area contributed by atoms with Gasteiger partial charge in [0.15, 0.2) is 0 Å². The minimum Gasteiger partial charge on any atom is -0.376 e. The van der Waals surface area contributed by atoms with Crippen LogP contribution in [0.5, 0.6) is 0 Å². The van der Waals surface area contributed by atoms with Crippen LogP contribution in [0.1, 0.15) is 45.4 Å². The van der Waals surface area contributed by atoms with Crippen LogP contribution in [0.25, 0.3) is 0 Å². The highest BCUT2D eigenvalue weighted by Gasteiger charge is 2.45. The number of rotatable bonds is 4. The maximum absolute atomic E-state index is 12.0. The number of hydrogen-bond acceptors (Lipinski definition) is 4. The Morgan fingerprint density at radius 2 is 2.20 bits per heavy atom. The summed E-state index contributed by atoms with van der Waals surface area (Å²) >= 11 is 0. The van der Waals surface area contributed by atoms with Crippen LogP contribution in [0.2, 0.25) is 0 Å². The van der Waals surface area contributed by atoms with Crippen LogP contribution in [-0.4, -0.2) is 54.2 Å². The highest BCUT2D eigenvalue weighted by molar-refractivity contribution is 5.85. The fourth-order valence-corrected chi connectivity index (χ4v) is 3.78. The van der Waals surface area contributed by atoms with Crippen LogP contribution in [0.15, 0.2) is 0 Å². The van der Waals surface area contributed by atoms with Gasteiger partial charge in [-0.25, -0.2) is 0 Å². The number of nitrogens with two attached hydrogens (primary N) is 1. The fraction of sp³-hybridized carbons (Fsp3) is 0.933. The summed E-state index contributed by atoms with van der Waals surface area (Å²) in [5.74, 6) is -0.157. The van der Waals surface area contributed by atoms with E-state index in [4.69, 9.17) is 10.5 Å². The van der Waals surface area contributed by atoms with Crippen LogP contribution in [0.4, 0.5) is 0 Å². The minimum atomic E-state index is -0.467. The second-order valence-electron chi connectivity index (χ2n) is 6.79. The molecular formula is C15H27N3O2. The van der Waals surface area contributed by atoms with Crippen molar-refractivity contribution in [2.24, 2.45) is 5.73 Å². The number of carbonyl (C=O) groups excluding carboxylic acids is 1. The van der Waals surface area contributed by atoms with Gasteiger partial charge in [0.1, 0.15) is 0 Å². The molecule has 3 rings (SSSR count). The third-order valence-corrected chi connectivity index (χ3v) is 5.04. The second-order valence-corrected chi connectivity index (χ2v) is 6.79. The summed E-state index contributed by atoms with van der Waals surface area (Å²) in [6.07, 6.45) is 6.70. The Kier molecular flexibility index (Phi) is 4.02. The number of amides is 1. The molecule has 3 unspecified atom stereocenters. The first-order valence-electron chi connectivity index (χ1n) is 8.02. The molecule has 114 valence electrons. The zero-order valence-corrected chi connectivity index (χ0v) is 12.4. The molecule has 0 aromatic heterocycles. The molecule has 1 aliphatic heterocycles. The van der Waals surface area contributed by atoms with Crippen molar-refractivity contribution >= 4 is 5.91 Å².